The van der Waals surface area contributed by atoms with Gasteiger partial charge in [0.05, 0.1) is 11.4 Å². The summed E-state index contributed by atoms with van der Waals surface area (Å²) in [5.74, 6) is 0.703. The highest BCUT2D eigenvalue weighted by molar-refractivity contribution is 6.18. The molecule has 0 N–H and O–H groups in total. The van der Waals surface area contributed by atoms with Gasteiger partial charge in [-0.2, -0.15) is 0 Å². The van der Waals surface area contributed by atoms with Crippen LogP contribution in [0.1, 0.15) is 0 Å². The smallest absolute Gasteiger partial charge is 0.160 e. The molecule has 0 saturated heterocycles. The molecule has 9 aromatic carbocycles. The van der Waals surface area contributed by atoms with Crippen LogP contribution >= 0.6 is 0 Å². The van der Waals surface area contributed by atoms with Gasteiger partial charge in [-0.15, -0.1) is 0 Å². The van der Waals surface area contributed by atoms with E-state index in [1.165, 1.54) is 60.8 Å². The summed E-state index contributed by atoms with van der Waals surface area (Å²) in [4.78, 5) is 10.3. The Kier molecular flexibility index (Phi) is 8.19. The molecule has 58 heavy (non-hydrogen) atoms. The van der Waals surface area contributed by atoms with E-state index in [1.54, 1.807) is 0 Å². The molecule has 0 aliphatic heterocycles. The van der Waals surface area contributed by atoms with E-state index in [-0.39, 0.29) is 0 Å². The van der Waals surface area contributed by atoms with Crippen molar-refractivity contribution in [2.24, 2.45) is 0 Å². The van der Waals surface area contributed by atoms with Gasteiger partial charge in [0, 0.05) is 16.7 Å². The molecule has 1 aromatic heterocycles. The van der Waals surface area contributed by atoms with Crippen molar-refractivity contribution in [3.05, 3.63) is 218 Å². The van der Waals surface area contributed by atoms with Crippen molar-refractivity contribution in [1.29, 1.82) is 0 Å². The maximum atomic E-state index is 5.20. The Labute approximate surface area is 338 Å². The fourth-order valence-corrected chi connectivity index (χ4v) is 8.64. The van der Waals surface area contributed by atoms with E-state index in [1.807, 2.05) is 24.3 Å². The van der Waals surface area contributed by atoms with Gasteiger partial charge >= 0.3 is 0 Å². The lowest BCUT2D eigenvalue weighted by Gasteiger charge is -2.14. The fourth-order valence-electron chi connectivity index (χ4n) is 8.64. The molecule has 10 aromatic rings. The van der Waals surface area contributed by atoms with E-state index >= 15 is 0 Å². The predicted molar refractivity (Wildman–Crippen MR) is 242 cm³/mol. The monoisotopic (exact) mass is 736 g/mol. The predicted octanol–water partition coefficient (Wildman–Crippen LogP) is 14.9. The minimum Gasteiger partial charge on any atom is -0.228 e. The molecule has 0 amide bonds. The largest absolute Gasteiger partial charge is 0.228 e. The third-order valence-electron chi connectivity index (χ3n) is 11.5. The van der Waals surface area contributed by atoms with E-state index < -0.39 is 0 Å². The van der Waals surface area contributed by atoms with Crippen molar-refractivity contribution in [1.82, 2.24) is 9.97 Å². The van der Waals surface area contributed by atoms with Gasteiger partial charge in [-0.1, -0.05) is 206 Å². The van der Waals surface area contributed by atoms with Gasteiger partial charge in [0.25, 0.3) is 0 Å². The van der Waals surface area contributed by atoms with Crippen molar-refractivity contribution in [2.75, 3.05) is 0 Å². The number of nitrogens with zero attached hydrogens (tertiary/aromatic N) is 2. The molecular formula is C56H36N2. The first-order valence-corrected chi connectivity index (χ1v) is 19.8. The first kappa shape index (κ1) is 33.6. The lowest BCUT2D eigenvalue weighted by atomic mass is 9.92. The maximum absolute atomic E-state index is 5.20. The Balaban J connectivity index is 0.929. The molecule has 0 unspecified atom stereocenters. The van der Waals surface area contributed by atoms with Gasteiger partial charge in [-0.25, -0.2) is 9.97 Å². The summed E-state index contributed by atoms with van der Waals surface area (Å²) in [6.07, 6.45) is 0. The highest BCUT2D eigenvalue weighted by Gasteiger charge is 2.22. The topological polar surface area (TPSA) is 25.8 Å². The van der Waals surface area contributed by atoms with Crippen LogP contribution in [0.4, 0.5) is 0 Å². The molecule has 11 rings (SSSR count). The highest BCUT2D eigenvalue weighted by Crippen LogP contribution is 2.49. The Morgan fingerprint density at radius 2 is 0.672 bits per heavy atom. The van der Waals surface area contributed by atoms with Crippen molar-refractivity contribution < 1.29 is 0 Å². The second-order valence-electron chi connectivity index (χ2n) is 14.9. The second-order valence-corrected chi connectivity index (χ2v) is 14.9. The molecule has 0 radical (unpaired) electrons. The Morgan fingerprint density at radius 3 is 1.36 bits per heavy atom. The normalized spacial score (nSPS) is 11.4. The zero-order chi connectivity index (χ0) is 38.4. The van der Waals surface area contributed by atoms with Crippen LogP contribution in [0.2, 0.25) is 0 Å². The first-order valence-electron chi connectivity index (χ1n) is 19.8. The lowest BCUT2D eigenvalue weighted by molar-refractivity contribution is 1.18. The Hall–Kier alpha value is -7.68. The molecule has 270 valence electrons. The Bertz CT molecular complexity index is 3100. The molecule has 1 aliphatic carbocycles. The zero-order valence-corrected chi connectivity index (χ0v) is 31.7. The molecule has 1 heterocycles. The fraction of sp³-hybridized carbons (Fsp3) is 0. The van der Waals surface area contributed by atoms with Gasteiger partial charge in [0.2, 0.25) is 0 Å². The molecular weight excluding hydrogens is 701 g/mol. The molecule has 2 nitrogen and oxygen atoms in total. The van der Waals surface area contributed by atoms with Crippen molar-refractivity contribution in [2.45, 2.75) is 0 Å². The number of fused-ring (bicyclic) bond motifs is 3. The van der Waals surface area contributed by atoms with Crippen LogP contribution in [-0.4, -0.2) is 9.97 Å². The third-order valence-corrected chi connectivity index (χ3v) is 11.5. The standard InChI is InChI=1S/C56H36N2/c1-3-13-37(14-4-1)43-17-11-18-44(35-43)53-36-54(58-56(57-53)42-15-5-2-6-16-42)49-22-10-7-19-45(49)40-29-25-38(26-30-40)39-27-31-41(32-28-39)46-33-34-52-48-21-9-8-20-47(48)51-24-12-23-50(46)55(51)52/h1-36H. The van der Waals surface area contributed by atoms with Gasteiger partial charge in [0.1, 0.15) is 0 Å². The average molecular weight is 737 g/mol. The van der Waals surface area contributed by atoms with Crippen LogP contribution in [-0.2, 0) is 0 Å². The second kappa shape index (κ2) is 14.1. The Morgan fingerprint density at radius 1 is 0.224 bits per heavy atom. The molecule has 0 bridgehead atoms. The summed E-state index contributed by atoms with van der Waals surface area (Å²) < 4.78 is 0. The summed E-state index contributed by atoms with van der Waals surface area (Å²) >= 11 is 0. The van der Waals surface area contributed by atoms with Gasteiger partial charge in [-0.05, 0) is 89.7 Å². The van der Waals surface area contributed by atoms with Crippen molar-refractivity contribution in [3.8, 4) is 101 Å². The van der Waals surface area contributed by atoms with Crippen molar-refractivity contribution >= 4 is 10.8 Å². The summed E-state index contributed by atoms with van der Waals surface area (Å²) in [6, 6.07) is 78.0. The van der Waals surface area contributed by atoms with Crippen LogP contribution in [0, 0.1) is 0 Å². The quantitative estimate of drug-likeness (QED) is 0.163. The number of benzene rings is 9. The van der Waals surface area contributed by atoms with Crippen LogP contribution in [0.15, 0.2) is 218 Å². The van der Waals surface area contributed by atoms with Gasteiger partial charge in [0.15, 0.2) is 5.82 Å². The molecule has 1 aliphatic rings. The van der Waals surface area contributed by atoms with Crippen LogP contribution in [0.25, 0.3) is 111 Å². The van der Waals surface area contributed by atoms with E-state index in [4.69, 9.17) is 9.97 Å². The van der Waals surface area contributed by atoms with Gasteiger partial charge in [-0.3, -0.25) is 0 Å². The summed E-state index contributed by atoms with van der Waals surface area (Å²) in [5.41, 5.74) is 19.6. The number of hydrogen-bond donors (Lipinski definition) is 0. The molecule has 0 fully saturated rings. The third kappa shape index (κ3) is 5.91. The molecule has 0 saturated carbocycles. The minimum atomic E-state index is 0.703. The maximum Gasteiger partial charge on any atom is 0.160 e. The van der Waals surface area contributed by atoms with Crippen molar-refractivity contribution in [3.63, 3.8) is 0 Å². The number of rotatable bonds is 7. The minimum absolute atomic E-state index is 0.703. The summed E-state index contributed by atoms with van der Waals surface area (Å²) in [5, 5.41) is 2.65. The van der Waals surface area contributed by atoms with E-state index in [9.17, 15) is 0 Å². The van der Waals surface area contributed by atoms with E-state index in [0.717, 1.165) is 44.8 Å². The number of aromatic nitrogens is 2. The van der Waals surface area contributed by atoms with Gasteiger partial charge < -0.3 is 0 Å². The molecule has 0 spiro atoms. The van der Waals surface area contributed by atoms with E-state index in [0.29, 0.717) is 5.82 Å². The number of hydrogen-bond acceptors (Lipinski definition) is 2. The lowest BCUT2D eigenvalue weighted by Crippen LogP contribution is -1.97. The average Bonchev–Trinajstić information content (AvgIpc) is 3.64. The summed E-state index contributed by atoms with van der Waals surface area (Å²) in [6.45, 7) is 0. The summed E-state index contributed by atoms with van der Waals surface area (Å²) in [7, 11) is 0. The van der Waals surface area contributed by atoms with Crippen LogP contribution in [0.5, 0.6) is 0 Å². The first-order chi connectivity index (χ1) is 28.7. The SMILES string of the molecule is c1ccc(-c2cccc(-c3cc(-c4ccccc4-c4ccc(-c5ccc(-c6ccc7c8c(cccc68)-c6ccccc6-7)cc5)cc4)nc(-c4ccccc4)n3)c2)cc1. The van der Waals surface area contributed by atoms with Crippen LogP contribution in [0.3, 0.4) is 0 Å². The highest BCUT2D eigenvalue weighted by atomic mass is 14.9. The van der Waals surface area contributed by atoms with Crippen LogP contribution < -0.4 is 0 Å². The molecule has 2 heteroatoms. The van der Waals surface area contributed by atoms with E-state index in [2.05, 4.69) is 194 Å². The zero-order valence-electron chi connectivity index (χ0n) is 31.7. The molecule has 0 atom stereocenters.